The van der Waals surface area contributed by atoms with Crippen molar-refractivity contribution in [3.05, 3.63) is 83.0 Å². The molecule has 2 atom stereocenters. The molecule has 0 amide bonds. The molecule has 2 aromatic rings. The summed E-state index contributed by atoms with van der Waals surface area (Å²) in [6, 6.07) is 18.5. The number of anilines is 2. The smallest absolute Gasteiger partial charge is 0.0481 e. The second kappa shape index (κ2) is 8.90. The standard InChI is InChI=1S/C27H34N2/c1-20-6-3-9-25(16-20)29(26-10-4-7-21(2)17-26)27-11-5-8-23(19-27)18-22-12-14-24(28)15-13-22/h5,8,11-17,19,25-26H,3-4,6-7,9-10,18,28H2,1-2H3. The Bertz CT molecular complexity index is 861. The van der Waals surface area contributed by atoms with Crippen molar-refractivity contribution in [3.63, 3.8) is 0 Å². The monoisotopic (exact) mass is 386 g/mol. The van der Waals surface area contributed by atoms with E-state index in [1.807, 2.05) is 12.1 Å². The summed E-state index contributed by atoms with van der Waals surface area (Å²) in [6.07, 6.45) is 13.6. The first-order chi connectivity index (χ1) is 14.1. The number of nitrogens with zero attached hydrogens (tertiary/aromatic N) is 1. The second-order valence-electron chi connectivity index (χ2n) is 8.94. The van der Waals surface area contributed by atoms with Crippen molar-refractivity contribution >= 4 is 11.4 Å². The highest BCUT2D eigenvalue weighted by molar-refractivity contribution is 5.54. The van der Waals surface area contributed by atoms with Crippen molar-refractivity contribution in [2.75, 3.05) is 10.6 Å². The van der Waals surface area contributed by atoms with Gasteiger partial charge in [0, 0.05) is 23.5 Å². The van der Waals surface area contributed by atoms with Gasteiger partial charge >= 0.3 is 0 Å². The lowest BCUT2D eigenvalue weighted by Gasteiger charge is -2.41. The van der Waals surface area contributed by atoms with E-state index in [0.29, 0.717) is 12.1 Å². The maximum absolute atomic E-state index is 5.85. The lowest BCUT2D eigenvalue weighted by atomic mass is 9.90. The molecule has 2 unspecified atom stereocenters. The maximum atomic E-state index is 5.85. The Labute approximate surface area is 176 Å². The topological polar surface area (TPSA) is 29.3 Å². The van der Waals surface area contributed by atoms with Gasteiger partial charge in [-0.15, -0.1) is 0 Å². The van der Waals surface area contributed by atoms with Crippen molar-refractivity contribution in [2.45, 2.75) is 70.9 Å². The minimum absolute atomic E-state index is 0.502. The third-order valence-corrected chi connectivity index (χ3v) is 6.41. The second-order valence-corrected chi connectivity index (χ2v) is 8.94. The summed E-state index contributed by atoms with van der Waals surface area (Å²) in [4.78, 5) is 2.71. The van der Waals surface area contributed by atoms with Crippen LogP contribution in [0.4, 0.5) is 11.4 Å². The first-order valence-electron chi connectivity index (χ1n) is 11.1. The summed E-state index contributed by atoms with van der Waals surface area (Å²) in [5.74, 6) is 0. The van der Waals surface area contributed by atoms with E-state index in [4.69, 9.17) is 5.73 Å². The van der Waals surface area contributed by atoms with Crippen LogP contribution >= 0.6 is 0 Å². The predicted octanol–water partition coefficient (Wildman–Crippen LogP) is 6.66. The van der Waals surface area contributed by atoms with E-state index in [-0.39, 0.29) is 0 Å². The normalized spacial score (nSPS) is 22.0. The van der Waals surface area contributed by atoms with Gasteiger partial charge in [0.1, 0.15) is 0 Å². The van der Waals surface area contributed by atoms with E-state index in [9.17, 15) is 0 Å². The first-order valence-corrected chi connectivity index (χ1v) is 11.1. The van der Waals surface area contributed by atoms with Gasteiger partial charge in [0.2, 0.25) is 0 Å². The Morgan fingerprint density at radius 2 is 1.45 bits per heavy atom. The van der Waals surface area contributed by atoms with Crippen LogP contribution < -0.4 is 10.6 Å². The van der Waals surface area contributed by atoms with E-state index in [2.05, 4.69) is 67.3 Å². The molecule has 29 heavy (non-hydrogen) atoms. The average Bonchev–Trinajstić information content (AvgIpc) is 2.71. The molecule has 2 aliphatic carbocycles. The number of benzene rings is 2. The van der Waals surface area contributed by atoms with Crippen LogP contribution in [0.5, 0.6) is 0 Å². The highest BCUT2D eigenvalue weighted by Crippen LogP contribution is 2.33. The molecule has 2 heteroatoms. The van der Waals surface area contributed by atoms with Gasteiger partial charge in [-0.2, -0.15) is 0 Å². The van der Waals surface area contributed by atoms with Crippen molar-refractivity contribution in [1.29, 1.82) is 0 Å². The Balaban J connectivity index is 1.66. The molecule has 4 rings (SSSR count). The first kappa shape index (κ1) is 19.8. The van der Waals surface area contributed by atoms with Crippen LogP contribution in [-0.4, -0.2) is 12.1 Å². The Morgan fingerprint density at radius 1 is 0.828 bits per heavy atom. The summed E-state index contributed by atoms with van der Waals surface area (Å²) < 4.78 is 0. The molecule has 0 heterocycles. The third-order valence-electron chi connectivity index (χ3n) is 6.41. The van der Waals surface area contributed by atoms with Gasteiger partial charge in [0.25, 0.3) is 0 Å². The van der Waals surface area contributed by atoms with Crippen LogP contribution in [0.15, 0.2) is 71.8 Å². The molecule has 0 radical (unpaired) electrons. The van der Waals surface area contributed by atoms with Crippen molar-refractivity contribution in [2.24, 2.45) is 0 Å². The minimum atomic E-state index is 0.502. The SMILES string of the molecule is CC1=CC(N(c2cccc(Cc3ccc(N)cc3)c2)C2C=C(C)CCC2)CCC1. The van der Waals surface area contributed by atoms with E-state index in [0.717, 1.165) is 12.1 Å². The fourth-order valence-corrected chi connectivity index (χ4v) is 4.94. The lowest BCUT2D eigenvalue weighted by Crippen LogP contribution is -2.43. The van der Waals surface area contributed by atoms with Gasteiger partial charge in [0.05, 0.1) is 0 Å². The third kappa shape index (κ3) is 4.93. The van der Waals surface area contributed by atoms with Crippen molar-refractivity contribution in [1.82, 2.24) is 0 Å². The van der Waals surface area contributed by atoms with Gasteiger partial charge in [-0.05, 0) is 94.2 Å². The van der Waals surface area contributed by atoms with E-state index < -0.39 is 0 Å². The van der Waals surface area contributed by atoms with Gasteiger partial charge in [-0.1, -0.05) is 47.6 Å². The molecule has 0 fully saturated rings. The molecule has 0 spiro atoms. The number of allylic oxidation sites excluding steroid dienone is 2. The fraction of sp³-hybridized carbons (Fsp3) is 0.407. The molecular formula is C27H34N2. The molecule has 2 N–H and O–H groups in total. The van der Waals surface area contributed by atoms with Crippen molar-refractivity contribution in [3.8, 4) is 0 Å². The zero-order valence-electron chi connectivity index (χ0n) is 17.9. The summed E-state index contributed by atoms with van der Waals surface area (Å²) in [5.41, 5.74) is 13.8. The van der Waals surface area contributed by atoms with E-state index in [1.54, 1.807) is 11.1 Å². The van der Waals surface area contributed by atoms with Gasteiger partial charge < -0.3 is 10.6 Å². The maximum Gasteiger partial charge on any atom is 0.0481 e. The van der Waals surface area contributed by atoms with Crippen LogP contribution in [0.2, 0.25) is 0 Å². The number of hydrogen-bond acceptors (Lipinski definition) is 2. The zero-order chi connectivity index (χ0) is 20.2. The van der Waals surface area contributed by atoms with Gasteiger partial charge in [-0.25, -0.2) is 0 Å². The van der Waals surface area contributed by atoms with Crippen LogP contribution in [-0.2, 0) is 6.42 Å². The molecular weight excluding hydrogens is 352 g/mol. The predicted molar refractivity (Wildman–Crippen MR) is 125 cm³/mol. The molecule has 152 valence electrons. The summed E-state index contributed by atoms with van der Waals surface area (Å²) >= 11 is 0. The highest BCUT2D eigenvalue weighted by Gasteiger charge is 2.27. The van der Waals surface area contributed by atoms with E-state index >= 15 is 0 Å². The molecule has 0 saturated heterocycles. The van der Waals surface area contributed by atoms with Crippen LogP contribution in [0.25, 0.3) is 0 Å². The molecule has 2 nitrogen and oxygen atoms in total. The van der Waals surface area contributed by atoms with Crippen LogP contribution in [0, 0.1) is 0 Å². The Morgan fingerprint density at radius 3 is 2.03 bits per heavy atom. The van der Waals surface area contributed by atoms with Crippen LogP contribution in [0.3, 0.4) is 0 Å². The number of nitrogen functional groups attached to an aromatic ring is 1. The largest absolute Gasteiger partial charge is 0.399 e. The molecule has 2 aliphatic rings. The quantitative estimate of drug-likeness (QED) is 0.459. The molecule has 0 saturated carbocycles. The highest BCUT2D eigenvalue weighted by atomic mass is 15.2. The Hall–Kier alpha value is -2.48. The summed E-state index contributed by atoms with van der Waals surface area (Å²) in [7, 11) is 0. The number of nitrogens with two attached hydrogens (primary N) is 1. The van der Waals surface area contributed by atoms with E-state index in [1.165, 1.54) is 55.3 Å². The zero-order valence-corrected chi connectivity index (χ0v) is 17.9. The summed E-state index contributed by atoms with van der Waals surface area (Å²) in [6.45, 7) is 4.59. The molecule has 0 aromatic heterocycles. The fourth-order valence-electron chi connectivity index (χ4n) is 4.94. The molecule has 0 bridgehead atoms. The Kier molecular flexibility index (Phi) is 6.08. The summed E-state index contributed by atoms with van der Waals surface area (Å²) in [5, 5.41) is 0. The van der Waals surface area contributed by atoms with Crippen molar-refractivity contribution < 1.29 is 0 Å². The average molecular weight is 387 g/mol. The number of rotatable bonds is 5. The lowest BCUT2D eigenvalue weighted by molar-refractivity contribution is 0.502. The molecule has 2 aromatic carbocycles. The number of hydrogen-bond donors (Lipinski definition) is 1. The molecule has 0 aliphatic heterocycles. The minimum Gasteiger partial charge on any atom is -0.399 e. The van der Waals surface area contributed by atoms with Crippen LogP contribution in [0.1, 0.15) is 63.5 Å². The van der Waals surface area contributed by atoms with Gasteiger partial charge in [0.15, 0.2) is 0 Å². The van der Waals surface area contributed by atoms with Gasteiger partial charge in [-0.3, -0.25) is 0 Å².